The van der Waals surface area contributed by atoms with Gasteiger partial charge in [0.05, 0.1) is 10.6 Å². The molecule has 0 aliphatic rings. The summed E-state index contributed by atoms with van der Waals surface area (Å²) in [5.74, 6) is 1.41. The summed E-state index contributed by atoms with van der Waals surface area (Å²) in [5, 5.41) is 2.01. The van der Waals surface area contributed by atoms with Gasteiger partial charge in [0.1, 0.15) is 6.26 Å². The minimum absolute atomic E-state index is 0.679. The van der Waals surface area contributed by atoms with Crippen LogP contribution >= 0.6 is 39.0 Å². The summed E-state index contributed by atoms with van der Waals surface area (Å²) in [4.78, 5) is 6.58. The van der Waals surface area contributed by atoms with Gasteiger partial charge in [-0.3, -0.25) is 0 Å². The Labute approximate surface area is 133 Å². The summed E-state index contributed by atoms with van der Waals surface area (Å²) < 4.78 is 6.52. The van der Waals surface area contributed by atoms with Gasteiger partial charge in [-0.15, -0.1) is 23.1 Å². The zero-order valence-electron chi connectivity index (χ0n) is 10.4. The maximum absolute atomic E-state index is 5.95. The van der Waals surface area contributed by atoms with Crippen molar-refractivity contribution in [1.29, 1.82) is 0 Å². The maximum Gasteiger partial charge on any atom is 0.236 e. The van der Waals surface area contributed by atoms with Crippen molar-refractivity contribution in [3.63, 3.8) is 0 Å². The summed E-state index contributed by atoms with van der Waals surface area (Å²) in [6.07, 6.45) is 1.70. The van der Waals surface area contributed by atoms with Gasteiger partial charge < -0.3 is 10.2 Å². The fraction of sp³-hybridized carbons (Fsp3) is 0.0714. The molecule has 0 aliphatic heterocycles. The van der Waals surface area contributed by atoms with Crippen molar-refractivity contribution in [2.75, 3.05) is 5.73 Å². The first-order chi connectivity index (χ1) is 9.72. The SMILES string of the molecule is Nc1ccc(Br)cc1SCc1coc(-c2cccs2)n1. The van der Waals surface area contributed by atoms with Crippen molar-refractivity contribution in [2.24, 2.45) is 0 Å². The van der Waals surface area contributed by atoms with Crippen molar-refractivity contribution >= 4 is 44.7 Å². The van der Waals surface area contributed by atoms with Crippen LogP contribution in [0.4, 0.5) is 5.69 Å². The lowest BCUT2D eigenvalue weighted by Gasteiger charge is -2.04. The summed E-state index contributed by atoms with van der Waals surface area (Å²) in [6.45, 7) is 0. The molecular formula is C14H11BrN2OS2. The first-order valence-electron chi connectivity index (χ1n) is 5.88. The van der Waals surface area contributed by atoms with Gasteiger partial charge in [-0.1, -0.05) is 22.0 Å². The van der Waals surface area contributed by atoms with Gasteiger partial charge in [0.15, 0.2) is 0 Å². The fourth-order valence-electron chi connectivity index (χ4n) is 1.67. The third-order valence-corrected chi connectivity index (χ3v) is 5.09. The molecule has 0 amide bonds. The first kappa shape index (κ1) is 13.7. The number of anilines is 1. The molecule has 2 heterocycles. The van der Waals surface area contributed by atoms with Crippen molar-refractivity contribution < 1.29 is 4.42 Å². The minimum atomic E-state index is 0.679. The van der Waals surface area contributed by atoms with Crippen LogP contribution in [-0.4, -0.2) is 4.98 Å². The highest BCUT2D eigenvalue weighted by Gasteiger charge is 2.09. The number of hydrogen-bond acceptors (Lipinski definition) is 5. The van der Waals surface area contributed by atoms with Crippen molar-refractivity contribution in [2.45, 2.75) is 10.6 Å². The smallest absolute Gasteiger partial charge is 0.236 e. The number of halogens is 1. The van der Waals surface area contributed by atoms with Gasteiger partial charge in [0, 0.05) is 20.8 Å². The topological polar surface area (TPSA) is 52.0 Å². The van der Waals surface area contributed by atoms with Gasteiger partial charge in [-0.2, -0.15) is 0 Å². The highest BCUT2D eigenvalue weighted by Crippen LogP contribution is 2.31. The zero-order chi connectivity index (χ0) is 13.9. The number of benzene rings is 1. The van der Waals surface area contributed by atoms with E-state index in [0.717, 1.165) is 31.4 Å². The molecule has 0 radical (unpaired) electrons. The Morgan fingerprint density at radius 3 is 3.05 bits per heavy atom. The number of nitrogens with zero attached hydrogens (tertiary/aromatic N) is 1. The van der Waals surface area contributed by atoms with E-state index in [2.05, 4.69) is 20.9 Å². The second kappa shape index (κ2) is 6.03. The van der Waals surface area contributed by atoms with Crippen LogP contribution in [-0.2, 0) is 5.75 Å². The zero-order valence-corrected chi connectivity index (χ0v) is 13.6. The van der Waals surface area contributed by atoms with E-state index >= 15 is 0 Å². The number of nitrogens with two attached hydrogens (primary N) is 1. The molecule has 2 N–H and O–H groups in total. The van der Waals surface area contributed by atoms with Crippen LogP contribution in [0.3, 0.4) is 0 Å². The summed E-state index contributed by atoms with van der Waals surface area (Å²) in [5.41, 5.74) is 7.64. The number of thioether (sulfide) groups is 1. The van der Waals surface area contributed by atoms with Gasteiger partial charge in [0.25, 0.3) is 0 Å². The Kier molecular flexibility index (Phi) is 4.14. The molecule has 0 saturated carbocycles. The molecule has 0 spiro atoms. The highest BCUT2D eigenvalue weighted by molar-refractivity contribution is 9.10. The molecule has 3 nitrogen and oxygen atoms in total. The Hall–Kier alpha value is -1.24. The summed E-state index contributed by atoms with van der Waals surface area (Å²) in [6, 6.07) is 9.83. The molecule has 20 heavy (non-hydrogen) atoms. The lowest BCUT2D eigenvalue weighted by Crippen LogP contribution is -1.89. The molecule has 0 atom stereocenters. The summed E-state index contributed by atoms with van der Waals surface area (Å²) in [7, 11) is 0. The van der Waals surface area contributed by atoms with Crippen LogP contribution in [0.1, 0.15) is 5.69 Å². The third kappa shape index (κ3) is 3.08. The molecule has 6 heteroatoms. The van der Waals surface area contributed by atoms with E-state index in [1.165, 1.54) is 0 Å². The summed E-state index contributed by atoms with van der Waals surface area (Å²) >= 11 is 6.72. The Balaban J connectivity index is 1.71. The van der Waals surface area contributed by atoms with E-state index in [4.69, 9.17) is 10.2 Å². The van der Waals surface area contributed by atoms with Gasteiger partial charge >= 0.3 is 0 Å². The number of rotatable bonds is 4. The number of aromatic nitrogens is 1. The van der Waals surface area contributed by atoms with Crippen LogP contribution < -0.4 is 5.73 Å². The minimum Gasteiger partial charge on any atom is -0.444 e. The average molecular weight is 367 g/mol. The standard InChI is InChI=1S/C14H11BrN2OS2/c15-9-3-4-11(16)13(6-9)20-8-10-7-18-14(17-10)12-2-1-5-19-12/h1-7H,8,16H2. The van der Waals surface area contributed by atoms with Crippen molar-refractivity contribution in [3.8, 4) is 10.8 Å². The molecule has 102 valence electrons. The average Bonchev–Trinajstić information content (AvgIpc) is 3.09. The van der Waals surface area contributed by atoms with Crippen LogP contribution in [0.15, 0.2) is 55.8 Å². The molecule has 0 bridgehead atoms. The molecule has 2 aromatic heterocycles. The van der Waals surface area contributed by atoms with Crippen LogP contribution in [0.25, 0.3) is 10.8 Å². The predicted octanol–water partition coefficient (Wildman–Crippen LogP) is 5.04. The van der Waals surface area contributed by atoms with E-state index in [-0.39, 0.29) is 0 Å². The van der Waals surface area contributed by atoms with E-state index < -0.39 is 0 Å². The van der Waals surface area contributed by atoms with Crippen molar-refractivity contribution in [1.82, 2.24) is 4.98 Å². The number of thiophene rings is 1. The second-order valence-corrected chi connectivity index (χ2v) is 6.97. The first-order valence-corrected chi connectivity index (χ1v) is 8.54. The Morgan fingerprint density at radius 2 is 2.25 bits per heavy atom. The Morgan fingerprint density at radius 1 is 1.35 bits per heavy atom. The molecule has 0 unspecified atom stereocenters. The normalized spacial score (nSPS) is 10.8. The van der Waals surface area contributed by atoms with Gasteiger partial charge in [-0.05, 0) is 29.6 Å². The largest absolute Gasteiger partial charge is 0.444 e. The lowest BCUT2D eigenvalue weighted by atomic mass is 10.3. The second-order valence-electron chi connectivity index (χ2n) is 4.09. The van der Waals surface area contributed by atoms with E-state index in [1.54, 1.807) is 29.4 Å². The van der Waals surface area contributed by atoms with Gasteiger partial charge in [-0.25, -0.2) is 4.98 Å². The highest BCUT2D eigenvalue weighted by atomic mass is 79.9. The third-order valence-electron chi connectivity index (χ3n) is 2.63. The van der Waals surface area contributed by atoms with Crippen LogP contribution in [0, 0.1) is 0 Å². The molecule has 0 fully saturated rings. The molecular weight excluding hydrogens is 356 g/mol. The number of hydrogen-bond donors (Lipinski definition) is 1. The predicted molar refractivity (Wildman–Crippen MR) is 87.9 cm³/mol. The lowest BCUT2D eigenvalue weighted by molar-refractivity contribution is 0.575. The van der Waals surface area contributed by atoms with Crippen molar-refractivity contribution in [3.05, 3.63) is 52.1 Å². The molecule has 1 aromatic carbocycles. The van der Waals surface area contributed by atoms with E-state index in [0.29, 0.717) is 5.89 Å². The van der Waals surface area contributed by atoms with Crippen LogP contribution in [0.2, 0.25) is 0 Å². The van der Waals surface area contributed by atoms with E-state index in [1.807, 2.05) is 35.7 Å². The van der Waals surface area contributed by atoms with Crippen LogP contribution in [0.5, 0.6) is 0 Å². The fourth-order valence-corrected chi connectivity index (χ4v) is 3.72. The molecule has 0 saturated heterocycles. The number of nitrogen functional groups attached to an aromatic ring is 1. The molecule has 3 rings (SSSR count). The van der Waals surface area contributed by atoms with E-state index in [9.17, 15) is 0 Å². The van der Waals surface area contributed by atoms with Gasteiger partial charge in [0.2, 0.25) is 5.89 Å². The quantitative estimate of drug-likeness (QED) is 0.518. The monoisotopic (exact) mass is 366 g/mol. The molecule has 0 aliphatic carbocycles. The molecule has 3 aromatic rings. The maximum atomic E-state index is 5.95. The Bertz CT molecular complexity index is 710. The number of oxazole rings is 1.